The molecule has 0 fully saturated rings. The molecule has 1 aliphatic rings. The molecule has 0 aromatic carbocycles. The predicted octanol–water partition coefficient (Wildman–Crippen LogP) is 1.83. The molecule has 0 aromatic rings. The molecule has 1 nitrogen and oxygen atoms in total. The molecule has 1 aliphatic heterocycles. The van der Waals surface area contributed by atoms with Crippen LogP contribution in [-0.2, 0) is 0 Å². The highest BCUT2D eigenvalue weighted by molar-refractivity contribution is 5.30. The van der Waals surface area contributed by atoms with Crippen LogP contribution in [0.1, 0.15) is 20.3 Å². The number of nitrogens with one attached hydrogen (secondary N) is 1. The summed E-state index contributed by atoms with van der Waals surface area (Å²) in [5.74, 6) is 0. The van der Waals surface area contributed by atoms with Crippen molar-refractivity contribution in [3.8, 4) is 0 Å². The zero-order chi connectivity index (χ0) is 6.69. The van der Waals surface area contributed by atoms with E-state index in [2.05, 4.69) is 31.4 Å². The van der Waals surface area contributed by atoms with Gasteiger partial charge in [0.05, 0.1) is 0 Å². The Bertz CT molecular complexity index is 154. The van der Waals surface area contributed by atoms with Gasteiger partial charge in [-0.15, -0.1) is 0 Å². The van der Waals surface area contributed by atoms with E-state index in [9.17, 15) is 0 Å². The molecule has 9 heavy (non-hydrogen) atoms. The van der Waals surface area contributed by atoms with Crippen LogP contribution in [0.15, 0.2) is 23.4 Å². The lowest BCUT2D eigenvalue weighted by atomic mass is 10.0. The Labute approximate surface area is 56.5 Å². The Morgan fingerprint density at radius 1 is 1.67 bits per heavy atom. The molecular weight excluding hydrogens is 110 g/mol. The predicted molar refractivity (Wildman–Crippen MR) is 40.1 cm³/mol. The summed E-state index contributed by atoms with van der Waals surface area (Å²) in [6.45, 7) is 5.33. The van der Waals surface area contributed by atoms with Gasteiger partial charge in [-0.25, -0.2) is 0 Å². The minimum Gasteiger partial charge on any atom is -0.390 e. The molecule has 0 unspecified atom stereocenters. The minimum absolute atomic E-state index is 1.09. The average molecular weight is 123 g/mol. The monoisotopic (exact) mass is 123 g/mol. The second-order valence-corrected chi connectivity index (χ2v) is 2.35. The summed E-state index contributed by atoms with van der Waals surface area (Å²) in [7, 11) is 0. The first-order valence-corrected chi connectivity index (χ1v) is 3.40. The molecule has 1 N–H and O–H groups in total. The molecule has 0 spiro atoms. The van der Waals surface area contributed by atoms with E-state index in [0.29, 0.717) is 0 Å². The third-order valence-corrected chi connectivity index (χ3v) is 1.71. The first-order chi connectivity index (χ1) is 4.34. The summed E-state index contributed by atoms with van der Waals surface area (Å²) >= 11 is 0. The van der Waals surface area contributed by atoms with E-state index >= 15 is 0 Å². The van der Waals surface area contributed by atoms with Gasteiger partial charge >= 0.3 is 0 Å². The van der Waals surface area contributed by atoms with Crippen LogP contribution in [0.4, 0.5) is 0 Å². The number of allylic oxidation sites excluding steroid dienone is 2. The highest BCUT2D eigenvalue weighted by atomic mass is 14.8. The van der Waals surface area contributed by atoms with Crippen molar-refractivity contribution in [3.63, 3.8) is 0 Å². The van der Waals surface area contributed by atoms with Gasteiger partial charge in [0.1, 0.15) is 0 Å². The summed E-state index contributed by atoms with van der Waals surface area (Å²) in [5.41, 5.74) is 2.86. The van der Waals surface area contributed by atoms with Crippen molar-refractivity contribution in [1.29, 1.82) is 0 Å². The van der Waals surface area contributed by atoms with Crippen molar-refractivity contribution in [2.75, 3.05) is 6.54 Å². The van der Waals surface area contributed by atoms with Crippen LogP contribution in [0.25, 0.3) is 0 Å². The molecule has 1 rings (SSSR count). The Hall–Kier alpha value is -0.720. The second kappa shape index (κ2) is 2.72. The highest BCUT2D eigenvalue weighted by Crippen LogP contribution is 2.14. The molecule has 0 saturated carbocycles. The van der Waals surface area contributed by atoms with E-state index in [-0.39, 0.29) is 0 Å². The number of rotatable bonds is 0. The highest BCUT2D eigenvalue weighted by Gasteiger charge is 2.01. The van der Waals surface area contributed by atoms with Crippen LogP contribution in [0, 0.1) is 0 Å². The standard InChI is InChI=1S/C8H13N/c1-3-8-4-5-9-6-7(8)2/h3,6,9H,4-5H2,1-2H3/b8-3+. The molecule has 0 saturated heterocycles. The normalized spacial score (nSPS) is 23.3. The van der Waals surface area contributed by atoms with Crippen molar-refractivity contribution in [3.05, 3.63) is 23.4 Å². The van der Waals surface area contributed by atoms with E-state index in [1.54, 1.807) is 0 Å². The molecule has 1 heteroatoms. The largest absolute Gasteiger partial charge is 0.390 e. The Kier molecular flexibility index (Phi) is 1.93. The summed E-state index contributed by atoms with van der Waals surface area (Å²) in [4.78, 5) is 0. The van der Waals surface area contributed by atoms with E-state index in [0.717, 1.165) is 6.54 Å². The van der Waals surface area contributed by atoms with Gasteiger partial charge < -0.3 is 5.32 Å². The summed E-state index contributed by atoms with van der Waals surface area (Å²) in [5, 5.41) is 3.20. The maximum Gasteiger partial charge on any atom is 0.0182 e. The fourth-order valence-corrected chi connectivity index (χ4v) is 1.09. The van der Waals surface area contributed by atoms with E-state index < -0.39 is 0 Å². The number of hydrogen-bond donors (Lipinski definition) is 1. The average Bonchev–Trinajstić information content (AvgIpc) is 1.89. The molecule has 0 bridgehead atoms. The van der Waals surface area contributed by atoms with E-state index in [4.69, 9.17) is 0 Å². The fourth-order valence-electron chi connectivity index (χ4n) is 1.09. The first kappa shape index (κ1) is 6.40. The lowest BCUT2D eigenvalue weighted by molar-refractivity contribution is 0.787. The van der Waals surface area contributed by atoms with Gasteiger partial charge in [0, 0.05) is 6.54 Å². The van der Waals surface area contributed by atoms with Gasteiger partial charge in [0.25, 0.3) is 0 Å². The van der Waals surface area contributed by atoms with Crippen molar-refractivity contribution < 1.29 is 0 Å². The van der Waals surface area contributed by atoms with Crippen molar-refractivity contribution >= 4 is 0 Å². The van der Waals surface area contributed by atoms with Crippen molar-refractivity contribution in [2.45, 2.75) is 20.3 Å². The molecule has 0 amide bonds. The lowest BCUT2D eigenvalue weighted by Gasteiger charge is -2.13. The molecule has 50 valence electrons. The van der Waals surface area contributed by atoms with Gasteiger partial charge in [-0.2, -0.15) is 0 Å². The quantitative estimate of drug-likeness (QED) is 0.518. The van der Waals surface area contributed by atoms with Gasteiger partial charge in [0.2, 0.25) is 0 Å². The fraction of sp³-hybridized carbons (Fsp3) is 0.500. The second-order valence-electron chi connectivity index (χ2n) is 2.35. The molecular formula is C8H13N. The van der Waals surface area contributed by atoms with Crippen molar-refractivity contribution in [1.82, 2.24) is 5.32 Å². The van der Waals surface area contributed by atoms with Crippen LogP contribution in [0.5, 0.6) is 0 Å². The van der Waals surface area contributed by atoms with Gasteiger partial charge in [0.15, 0.2) is 0 Å². The summed E-state index contributed by atoms with van der Waals surface area (Å²) < 4.78 is 0. The van der Waals surface area contributed by atoms with Gasteiger partial charge in [-0.05, 0) is 37.6 Å². The summed E-state index contributed by atoms with van der Waals surface area (Å²) in [6.07, 6.45) is 5.45. The van der Waals surface area contributed by atoms with Crippen LogP contribution in [0.3, 0.4) is 0 Å². The third-order valence-electron chi connectivity index (χ3n) is 1.71. The number of hydrogen-bond acceptors (Lipinski definition) is 1. The molecule has 0 radical (unpaired) electrons. The van der Waals surface area contributed by atoms with E-state index in [1.165, 1.54) is 17.6 Å². The zero-order valence-corrected chi connectivity index (χ0v) is 6.07. The van der Waals surface area contributed by atoms with E-state index in [1.807, 2.05) is 0 Å². The van der Waals surface area contributed by atoms with Crippen LogP contribution < -0.4 is 5.32 Å². The third kappa shape index (κ3) is 1.35. The SMILES string of the molecule is C/C=C1\CCNC=C1C. The smallest absolute Gasteiger partial charge is 0.0182 e. The zero-order valence-electron chi connectivity index (χ0n) is 6.07. The molecule has 0 atom stereocenters. The molecule has 1 heterocycles. The molecule has 0 aliphatic carbocycles. The maximum absolute atomic E-state index is 3.20. The van der Waals surface area contributed by atoms with Crippen LogP contribution >= 0.6 is 0 Å². The summed E-state index contributed by atoms with van der Waals surface area (Å²) in [6, 6.07) is 0. The minimum atomic E-state index is 1.09. The van der Waals surface area contributed by atoms with Crippen molar-refractivity contribution in [2.24, 2.45) is 0 Å². The Morgan fingerprint density at radius 2 is 2.44 bits per heavy atom. The topological polar surface area (TPSA) is 12.0 Å². The Morgan fingerprint density at radius 3 is 2.89 bits per heavy atom. The van der Waals surface area contributed by atoms with Crippen LogP contribution in [0.2, 0.25) is 0 Å². The lowest BCUT2D eigenvalue weighted by Crippen LogP contribution is -2.14. The molecule has 0 aromatic heterocycles. The maximum atomic E-state index is 3.20. The van der Waals surface area contributed by atoms with Crippen LogP contribution in [-0.4, -0.2) is 6.54 Å². The first-order valence-electron chi connectivity index (χ1n) is 3.40. The Balaban J connectivity index is 2.73. The van der Waals surface area contributed by atoms with Gasteiger partial charge in [-0.1, -0.05) is 6.08 Å². The van der Waals surface area contributed by atoms with Gasteiger partial charge in [-0.3, -0.25) is 0 Å².